The van der Waals surface area contributed by atoms with E-state index in [1.807, 2.05) is 0 Å². The van der Waals surface area contributed by atoms with E-state index in [1.54, 1.807) is 18.2 Å². The molecule has 3 rings (SSSR count). The minimum Gasteiger partial charge on any atom is -0.399 e. The Kier molecular flexibility index (Phi) is 2.81. The first-order chi connectivity index (χ1) is 8.92. The van der Waals surface area contributed by atoms with Gasteiger partial charge in [0.15, 0.2) is 5.13 Å². The molecule has 7 heteroatoms. The van der Waals surface area contributed by atoms with E-state index in [0.29, 0.717) is 16.3 Å². The highest BCUT2D eigenvalue weighted by Gasteiger charge is 2.39. The lowest BCUT2D eigenvalue weighted by Crippen LogP contribution is -2.35. The van der Waals surface area contributed by atoms with E-state index in [9.17, 15) is 13.2 Å². The molecule has 1 fully saturated rings. The van der Waals surface area contributed by atoms with Crippen molar-refractivity contribution in [3.63, 3.8) is 0 Å². The molecule has 0 amide bonds. The number of aromatic nitrogens is 1. The Morgan fingerprint density at radius 1 is 1.37 bits per heavy atom. The van der Waals surface area contributed by atoms with Gasteiger partial charge in [0.05, 0.1) is 10.2 Å². The predicted octanol–water partition coefficient (Wildman–Crippen LogP) is 3.41. The average molecular weight is 287 g/mol. The van der Waals surface area contributed by atoms with Crippen molar-refractivity contribution in [1.82, 2.24) is 4.98 Å². The molecule has 0 bridgehead atoms. The van der Waals surface area contributed by atoms with E-state index in [0.717, 1.165) is 17.5 Å². The lowest BCUT2D eigenvalue weighted by Gasteiger charge is -2.22. The highest BCUT2D eigenvalue weighted by atomic mass is 32.1. The summed E-state index contributed by atoms with van der Waals surface area (Å²) < 4.78 is 38.7. The lowest BCUT2D eigenvalue weighted by molar-refractivity contribution is -0.120. The second kappa shape index (κ2) is 4.26. The minimum atomic E-state index is -4.21. The summed E-state index contributed by atoms with van der Waals surface area (Å²) >= 11 is 1.26. The van der Waals surface area contributed by atoms with Crippen LogP contribution in [-0.4, -0.2) is 23.7 Å². The maximum Gasteiger partial charge on any atom is 0.406 e. The number of hydrogen-bond donors (Lipinski definition) is 1. The summed E-state index contributed by atoms with van der Waals surface area (Å²) in [4.78, 5) is 5.65. The molecule has 2 aromatic rings. The van der Waals surface area contributed by atoms with Gasteiger partial charge in [-0.25, -0.2) is 4.98 Å². The number of anilines is 2. The predicted molar refractivity (Wildman–Crippen MR) is 70.5 cm³/mol. The molecule has 0 unspecified atom stereocenters. The monoisotopic (exact) mass is 287 g/mol. The zero-order valence-corrected chi connectivity index (χ0v) is 10.8. The van der Waals surface area contributed by atoms with Gasteiger partial charge in [0.2, 0.25) is 0 Å². The van der Waals surface area contributed by atoms with Crippen molar-refractivity contribution >= 4 is 32.4 Å². The van der Waals surface area contributed by atoms with E-state index >= 15 is 0 Å². The molecule has 1 aliphatic rings. The van der Waals surface area contributed by atoms with E-state index in [1.165, 1.54) is 16.2 Å². The Morgan fingerprint density at radius 3 is 2.74 bits per heavy atom. The van der Waals surface area contributed by atoms with Gasteiger partial charge in [0.25, 0.3) is 0 Å². The van der Waals surface area contributed by atoms with Gasteiger partial charge < -0.3 is 10.6 Å². The van der Waals surface area contributed by atoms with E-state index in [2.05, 4.69) is 4.98 Å². The van der Waals surface area contributed by atoms with Crippen LogP contribution in [0.25, 0.3) is 10.2 Å². The molecule has 1 aromatic heterocycles. The fraction of sp³-hybridized carbons (Fsp3) is 0.417. The number of fused-ring (bicyclic) bond motifs is 1. The van der Waals surface area contributed by atoms with E-state index < -0.39 is 12.7 Å². The third-order valence-electron chi connectivity index (χ3n) is 2.98. The van der Waals surface area contributed by atoms with Gasteiger partial charge in [-0.2, -0.15) is 13.2 Å². The molecule has 1 aromatic carbocycles. The molecule has 1 saturated carbocycles. The van der Waals surface area contributed by atoms with Crippen LogP contribution >= 0.6 is 11.3 Å². The Morgan fingerprint density at radius 2 is 2.11 bits per heavy atom. The first-order valence-electron chi connectivity index (χ1n) is 5.92. The normalized spacial score (nSPS) is 15.9. The van der Waals surface area contributed by atoms with Crippen molar-refractivity contribution in [1.29, 1.82) is 0 Å². The molecule has 102 valence electrons. The molecule has 1 aliphatic carbocycles. The van der Waals surface area contributed by atoms with Gasteiger partial charge >= 0.3 is 6.18 Å². The van der Waals surface area contributed by atoms with E-state index in [4.69, 9.17) is 5.73 Å². The Bertz CT molecular complexity index is 604. The highest BCUT2D eigenvalue weighted by Crippen LogP contribution is 2.38. The van der Waals surface area contributed by atoms with Gasteiger partial charge in [-0.05, 0) is 31.0 Å². The molecule has 0 atom stereocenters. The van der Waals surface area contributed by atoms with E-state index in [-0.39, 0.29) is 6.04 Å². The molecule has 19 heavy (non-hydrogen) atoms. The highest BCUT2D eigenvalue weighted by molar-refractivity contribution is 7.22. The lowest BCUT2D eigenvalue weighted by atomic mass is 10.3. The Hall–Kier alpha value is -1.50. The molecule has 1 heterocycles. The number of alkyl halides is 3. The van der Waals surface area contributed by atoms with Gasteiger partial charge in [-0.3, -0.25) is 0 Å². The molecular formula is C12H12F3N3S. The second-order valence-electron chi connectivity index (χ2n) is 4.70. The molecule has 0 spiro atoms. The molecule has 0 radical (unpaired) electrons. The SMILES string of the molecule is Nc1ccc2nc(N(CC(F)(F)F)C3CC3)sc2c1. The number of nitrogens with zero attached hydrogens (tertiary/aromatic N) is 2. The molecule has 3 nitrogen and oxygen atoms in total. The van der Waals surface area contributed by atoms with Crippen LogP contribution < -0.4 is 10.6 Å². The minimum absolute atomic E-state index is 0.0282. The standard InChI is InChI=1S/C12H12F3N3S/c13-12(14,15)6-18(8-2-3-8)11-17-9-4-1-7(16)5-10(9)19-11/h1,4-5,8H,2-3,6,16H2. The first-order valence-corrected chi connectivity index (χ1v) is 6.73. The zero-order chi connectivity index (χ0) is 13.6. The quantitative estimate of drug-likeness (QED) is 0.880. The Labute approximate surface area is 111 Å². The van der Waals surface area contributed by atoms with Crippen LogP contribution in [0.2, 0.25) is 0 Å². The first kappa shape index (κ1) is 12.5. The summed E-state index contributed by atoms with van der Waals surface area (Å²) in [6.45, 7) is -0.938. The van der Waals surface area contributed by atoms with Gasteiger partial charge in [-0.1, -0.05) is 11.3 Å². The summed E-state index contributed by atoms with van der Waals surface area (Å²) in [5.41, 5.74) is 6.96. The number of hydrogen-bond acceptors (Lipinski definition) is 4. The third kappa shape index (κ3) is 2.75. The van der Waals surface area contributed by atoms with Crippen LogP contribution in [0.5, 0.6) is 0 Å². The van der Waals surface area contributed by atoms with Gasteiger partial charge in [-0.15, -0.1) is 0 Å². The van der Waals surface area contributed by atoms with Crippen molar-refractivity contribution in [3.8, 4) is 0 Å². The maximum absolute atomic E-state index is 12.6. The number of thiazole rings is 1. The average Bonchev–Trinajstić information content (AvgIpc) is 3.05. The number of nitrogen functional groups attached to an aromatic ring is 1. The fourth-order valence-electron chi connectivity index (χ4n) is 1.98. The van der Waals surface area contributed by atoms with Gasteiger partial charge in [0.1, 0.15) is 6.54 Å². The van der Waals surface area contributed by atoms with Crippen LogP contribution in [0.4, 0.5) is 24.0 Å². The van der Waals surface area contributed by atoms with Crippen molar-refractivity contribution in [2.75, 3.05) is 17.2 Å². The van der Waals surface area contributed by atoms with Crippen LogP contribution in [0.15, 0.2) is 18.2 Å². The summed E-state index contributed by atoms with van der Waals surface area (Å²) in [5, 5.41) is 0.431. The van der Waals surface area contributed by atoms with Crippen molar-refractivity contribution in [2.45, 2.75) is 25.1 Å². The number of rotatable bonds is 3. The van der Waals surface area contributed by atoms with Crippen LogP contribution in [0.3, 0.4) is 0 Å². The number of halogens is 3. The van der Waals surface area contributed by atoms with Crippen LogP contribution in [0, 0.1) is 0 Å². The van der Waals surface area contributed by atoms with Crippen molar-refractivity contribution < 1.29 is 13.2 Å². The molecule has 2 N–H and O–H groups in total. The summed E-state index contributed by atoms with van der Waals surface area (Å²) in [6.07, 6.45) is -2.61. The Balaban J connectivity index is 1.95. The topological polar surface area (TPSA) is 42.1 Å². The second-order valence-corrected chi connectivity index (χ2v) is 5.71. The third-order valence-corrected chi connectivity index (χ3v) is 4.04. The summed E-state index contributed by atoms with van der Waals surface area (Å²) in [6, 6.07) is 5.16. The number of nitrogens with two attached hydrogens (primary N) is 1. The summed E-state index contributed by atoms with van der Waals surface area (Å²) in [5.74, 6) is 0. The van der Waals surface area contributed by atoms with Crippen LogP contribution in [0.1, 0.15) is 12.8 Å². The zero-order valence-electron chi connectivity index (χ0n) is 9.94. The molecule has 0 saturated heterocycles. The molecule has 0 aliphatic heterocycles. The van der Waals surface area contributed by atoms with Crippen LogP contribution in [-0.2, 0) is 0 Å². The maximum atomic E-state index is 12.6. The van der Waals surface area contributed by atoms with Crippen molar-refractivity contribution in [2.24, 2.45) is 0 Å². The fourth-order valence-corrected chi connectivity index (χ4v) is 3.07. The number of benzene rings is 1. The molecular weight excluding hydrogens is 275 g/mol. The smallest absolute Gasteiger partial charge is 0.399 e. The summed E-state index contributed by atoms with van der Waals surface area (Å²) in [7, 11) is 0. The van der Waals surface area contributed by atoms with Gasteiger partial charge in [0, 0.05) is 11.7 Å². The van der Waals surface area contributed by atoms with Crippen molar-refractivity contribution in [3.05, 3.63) is 18.2 Å². The largest absolute Gasteiger partial charge is 0.406 e.